The molecule has 118 valence electrons. The minimum Gasteiger partial charge on any atom is -0.381 e. The smallest absolute Gasteiger partial charge is 0.0472 e. The quantitative estimate of drug-likeness (QED) is 0.839. The lowest BCUT2D eigenvalue weighted by atomic mass is 9.78. The lowest BCUT2D eigenvalue weighted by molar-refractivity contribution is -0.0155. The third kappa shape index (κ3) is 4.71. The van der Waals surface area contributed by atoms with E-state index in [4.69, 9.17) is 4.74 Å². The van der Waals surface area contributed by atoms with E-state index in [1.807, 2.05) is 0 Å². The zero-order chi connectivity index (χ0) is 14.6. The molecule has 0 bridgehead atoms. The second-order valence-electron chi connectivity index (χ2n) is 7.79. The van der Waals surface area contributed by atoms with E-state index in [0.29, 0.717) is 11.5 Å². The Bertz CT molecular complexity index is 277. The molecule has 2 fully saturated rings. The standard InChI is InChI=1S/C17H34N2O/c1-14(2)18-12-17(5-7-20-8-6-17)13-19-10-15(3)9-16(4)11-19/h14-16,18H,5-13H2,1-4H3. The molecule has 2 aliphatic heterocycles. The van der Waals surface area contributed by atoms with Gasteiger partial charge >= 0.3 is 0 Å². The van der Waals surface area contributed by atoms with E-state index < -0.39 is 0 Å². The van der Waals surface area contributed by atoms with Crippen molar-refractivity contribution in [3.63, 3.8) is 0 Å². The molecular formula is C17H34N2O. The summed E-state index contributed by atoms with van der Waals surface area (Å²) in [4.78, 5) is 2.73. The highest BCUT2D eigenvalue weighted by molar-refractivity contribution is 4.89. The van der Waals surface area contributed by atoms with E-state index in [1.54, 1.807) is 0 Å². The summed E-state index contributed by atoms with van der Waals surface area (Å²) in [5.41, 5.74) is 0.430. The van der Waals surface area contributed by atoms with Crippen LogP contribution in [0.1, 0.15) is 47.0 Å². The van der Waals surface area contributed by atoms with Crippen molar-refractivity contribution in [3.8, 4) is 0 Å². The van der Waals surface area contributed by atoms with Crippen molar-refractivity contribution in [2.45, 2.75) is 53.0 Å². The predicted octanol–water partition coefficient (Wildman–Crippen LogP) is 2.76. The Balaban J connectivity index is 1.95. The molecule has 3 heteroatoms. The van der Waals surface area contributed by atoms with E-state index in [-0.39, 0.29) is 0 Å². The fraction of sp³-hybridized carbons (Fsp3) is 1.00. The largest absolute Gasteiger partial charge is 0.381 e. The molecule has 0 aromatic heterocycles. The number of nitrogens with zero attached hydrogens (tertiary/aromatic N) is 1. The summed E-state index contributed by atoms with van der Waals surface area (Å²) in [6.07, 6.45) is 3.83. The van der Waals surface area contributed by atoms with Crippen molar-refractivity contribution < 1.29 is 4.74 Å². The Morgan fingerprint density at radius 3 is 2.30 bits per heavy atom. The molecule has 0 saturated carbocycles. The van der Waals surface area contributed by atoms with E-state index in [0.717, 1.165) is 31.6 Å². The predicted molar refractivity (Wildman–Crippen MR) is 85.0 cm³/mol. The van der Waals surface area contributed by atoms with Gasteiger partial charge in [-0.15, -0.1) is 0 Å². The van der Waals surface area contributed by atoms with Gasteiger partial charge in [-0.1, -0.05) is 27.7 Å². The van der Waals surface area contributed by atoms with E-state index in [9.17, 15) is 0 Å². The summed E-state index contributed by atoms with van der Waals surface area (Å²) in [7, 11) is 0. The van der Waals surface area contributed by atoms with Gasteiger partial charge in [0.05, 0.1) is 0 Å². The lowest BCUT2D eigenvalue weighted by Gasteiger charge is -2.45. The second-order valence-corrected chi connectivity index (χ2v) is 7.79. The van der Waals surface area contributed by atoms with Crippen LogP contribution >= 0.6 is 0 Å². The Hall–Kier alpha value is -0.120. The average Bonchev–Trinajstić information content (AvgIpc) is 2.36. The van der Waals surface area contributed by atoms with Crippen LogP contribution in [0.5, 0.6) is 0 Å². The molecule has 2 rings (SSSR count). The number of hydrogen-bond acceptors (Lipinski definition) is 3. The van der Waals surface area contributed by atoms with Crippen LogP contribution in [0.25, 0.3) is 0 Å². The van der Waals surface area contributed by atoms with Gasteiger partial charge in [-0.3, -0.25) is 0 Å². The van der Waals surface area contributed by atoms with Crippen molar-refractivity contribution in [2.24, 2.45) is 17.3 Å². The summed E-state index contributed by atoms with van der Waals surface area (Å²) in [5, 5.41) is 3.69. The summed E-state index contributed by atoms with van der Waals surface area (Å²) < 4.78 is 5.62. The Kier molecular flexibility index (Phi) is 5.88. The van der Waals surface area contributed by atoms with E-state index in [2.05, 4.69) is 37.9 Å². The van der Waals surface area contributed by atoms with Crippen molar-refractivity contribution >= 4 is 0 Å². The van der Waals surface area contributed by atoms with Gasteiger partial charge in [0.15, 0.2) is 0 Å². The van der Waals surface area contributed by atoms with Crippen LogP contribution in [-0.4, -0.2) is 50.3 Å². The van der Waals surface area contributed by atoms with Crippen molar-refractivity contribution in [1.82, 2.24) is 10.2 Å². The van der Waals surface area contributed by atoms with E-state index >= 15 is 0 Å². The molecule has 0 aromatic carbocycles. The maximum absolute atomic E-state index is 5.62. The van der Waals surface area contributed by atoms with E-state index in [1.165, 1.54) is 38.9 Å². The summed E-state index contributed by atoms with van der Waals surface area (Å²) in [6.45, 7) is 16.2. The number of rotatable bonds is 5. The molecule has 0 spiro atoms. The maximum Gasteiger partial charge on any atom is 0.0472 e. The first-order chi connectivity index (χ1) is 9.49. The highest BCUT2D eigenvalue weighted by Crippen LogP contribution is 2.33. The topological polar surface area (TPSA) is 24.5 Å². The van der Waals surface area contributed by atoms with Gasteiger partial charge in [0.1, 0.15) is 0 Å². The van der Waals surface area contributed by atoms with Gasteiger partial charge in [-0.2, -0.15) is 0 Å². The van der Waals surface area contributed by atoms with Crippen LogP contribution < -0.4 is 5.32 Å². The van der Waals surface area contributed by atoms with Crippen LogP contribution in [0, 0.1) is 17.3 Å². The Labute approximate surface area is 125 Å². The summed E-state index contributed by atoms with van der Waals surface area (Å²) >= 11 is 0. The fourth-order valence-electron chi connectivity index (χ4n) is 4.01. The van der Waals surface area contributed by atoms with Gasteiger partial charge in [0.2, 0.25) is 0 Å². The first-order valence-electron chi connectivity index (χ1n) is 8.52. The molecule has 0 amide bonds. The van der Waals surface area contributed by atoms with Crippen LogP contribution in [0.3, 0.4) is 0 Å². The first kappa shape index (κ1) is 16.3. The molecule has 2 atom stereocenters. The van der Waals surface area contributed by atoms with Crippen molar-refractivity contribution in [3.05, 3.63) is 0 Å². The monoisotopic (exact) mass is 282 g/mol. The second kappa shape index (κ2) is 7.24. The molecule has 3 nitrogen and oxygen atoms in total. The number of ether oxygens (including phenoxy) is 1. The molecule has 2 heterocycles. The Morgan fingerprint density at radius 2 is 1.75 bits per heavy atom. The molecule has 2 saturated heterocycles. The van der Waals surface area contributed by atoms with Gasteiger partial charge in [-0.05, 0) is 36.5 Å². The third-order valence-electron chi connectivity index (χ3n) is 4.94. The molecule has 0 aliphatic carbocycles. The molecule has 20 heavy (non-hydrogen) atoms. The van der Waals surface area contributed by atoms with Gasteiger partial charge < -0.3 is 15.0 Å². The molecule has 0 aromatic rings. The van der Waals surface area contributed by atoms with Crippen LogP contribution in [0.2, 0.25) is 0 Å². The highest BCUT2D eigenvalue weighted by atomic mass is 16.5. The number of piperidine rings is 1. The SMILES string of the molecule is CC1CC(C)CN(CC2(CNC(C)C)CCOCC2)C1. The summed E-state index contributed by atoms with van der Waals surface area (Å²) in [5.74, 6) is 1.71. The highest BCUT2D eigenvalue weighted by Gasteiger charge is 2.36. The van der Waals surface area contributed by atoms with Gasteiger partial charge in [-0.25, -0.2) is 0 Å². The number of nitrogens with one attached hydrogen (secondary N) is 1. The molecule has 0 radical (unpaired) electrons. The molecule has 2 unspecified atom stereocenters. The zero-order valence-corrected chi connectivity index (χ0v) is 14.0. The van der Waals surface area contributed by atoms with Crippen molar-refractivity contribution in [1.29, 1.82) is 0 Å². The minimum absolute atomic E-state index is 0.430. The van der Waals surface area contributed by atoms with Crippen molar-refractivity contribution in [2.75, 3.05) is 39.4 Å². The number of hydrogen-bond donors (Lipinski definition) is 1. The number of likely N-dealkylation sites (tertiary alicyclic amines) is 1. The first-order valence-corrected chi connectivity index (χ1v) is 8.52. The zero-order valence-electron chi connectivity index (χ0n) is 14.0. The van der Waals surface area contributed by atoms with Gasteiger partial charge in [0.25, 0.3) is 0 Å². The fourth-order valence-corrected chi connectivity index (χ4v) is 4.01. The minimum atomic E-state index is 0.430. The van der Waals surface area contributed by atoms with Crippen LogP contribution in [0.15, 0.2) is 0 Å². The van der Waals surface area contributed by atoms with Crippen LogP contribution in [0.4, 0.5) is 0 Å². The average molecular weight is 282 g/mol. The van der Waals surface area contributed by atoms with Gasteiger partial charge in [0, 0.05) is 45.4 Å². The summed E-state index contributed by atoms with van der Waals surface area (Å²) in [6, 6.07) is 0.578. The molecule has 1 N–H and O–H groups in total. The normalized spacial score (nSPS) is 31.6. The lowest BCUT2D eigenvalue weighted by Crippen LogP contribution is -2.51. The Morgan fingerprint density at radius 1 is 1.15 bits per heavy atom. The van der Waals surface area contributed by atoms with Crippen LogP contribution in [-0.2, 0) is 4.74 Å². The molecule has 2 aliphatic rings. The third-order valence-corrected chi connectivity index (χ3v) is 4.94. The molecular weight excluding hydrogens is 248 g/mol. The maximum atomic E-state index is 5.62.